The van der Waals surface area contributed by atoms with Crippen LogP contribution in [0.15, 0.2) is 65.7 Å². The Kier molecular flexibility index (Phi) is 9.44. The van der Waals surface area contributed by atoms with Crippen molar-refractivity contribution in [3.63, 3.8) is 0 Å². The lowest BCUT2D eigenvalue weighted by molar-refractivity contribution is -0.121. The maximum absolute atomic E-state index is 12.7. The van der Waals surface area contributed by atoms with Crippen LogP contribution in [-0.2, 0) is 9.59 Å². The van der Waals surface area contributed by atoms with Crippen LogP contribution in [0, 0.1) is 6.92 Å². The van der Waals surface area contributed by atoms with E-state index in [4.69, 9.17) is 21.3 Å². The molecule has 0 saturated carbocycles. The maximum atomic E-state index is 12.7. The molecule has 0 radical (unpaired) electrons. The highest BCUT2D eigenvalue weighted by atomic mass is 35.5. The van der Waals surface area contributed by atoms with Gasteiger partial charge in [0.25, 0.3) is 0 Å². The number of phenols is 2. The third-order valence-electron chi connectivity index (χ3n) is 7.09. The summed E-state index contributed by atoms with van der Waals surface area (Å²) in [6.07, 6.45) is 1.60. The van der Waals surface area contributed by atoms with Gasteiger partial charge in [0.1, 0.15) is 17.6 Å². The van der Waals surface area contributed by atoms with Crippen LogP contribution < -0.4 is 15.4 Å². The van der Waals surface area contributed by atoms with Crippen LogP contribution >= 0.6 is 11.6 Å². The van der Waals surface area contributed by atoms with Gasteiger partial charge in [-0.05, 0) is 69.2 Å². The van der Waals surface area contributed by atoms with Crippen LogP contribution in [0.25, 0.3) is 5.69 Å². The van der Waals surface area contributed by atoms with Crippen LogP contribution in [0.3, 0.4) is 0 Å². The van der Waals surface area contributed by atoms with Gasteiger partial charge in [-0.15, -0.1) is 10.2 Å². The number of benzene rings is 3. The minimum absolute atomic E-state index is 0.113. The molecule has 0 fully saturated rings. The molecule has 228 valence electrons. The van der Waals surface area contributed by atoms with E-state index in [1.54, 1.807) is 12.1 Å². The number of ether oxygens (including phenoxy) is 1. The molecule has 0 bridgehead atoms. The summed E-state index contributed by atoms with van der Waals surface area (Å²) in [5, 5.41) is 33.9. The molecule has 0 unspecified atom stereocenters. The largest absolute Gasteiger partial charge is 0.504 e. The van der Waals surface area contributed by atoms with Crippen molar-refractivity contribution in [2.75, 3.05) is 18.5 Å². The zero-order valence-electron chi connectivity index (χ0n) is 24.4. The summed E-state index contributed by atoms with van der Waals surface area (Å²) in [4.78, 5) is 30.0. The van der Waals surface area contributed by atoms with Crippen LogP contribution in [0.5, 0.6) is 17.2 Å². The molecule has 0 aliphatic carbocycles. The second-order valence-corrected chi connectivity index (χ2v) is 10.8. The Labute approximate surface area is 259 Å². The molecule has 2 heterocycles. The number of phenolic OH excluding ortho intramolecular Hbond substituents is 2. The molecule has 44 heavy (non-hydrogen) atoms. The van der Waals surface area contributed by atoms with Gasteiger partial charge < -0.3 is 25.6 Å². The first-order valence-electron chi connectivity index (χ1n) is 14.3. The fraction of sp³-hybridized carbons (Fsp3) is 0.281. The van der Waals surface area contributed by atoms with E-state index in [0.29, 0.717) is 59.8 Å². The lowest BCUT2D eigenvalue weighted by Gasteiger charge is -2.15. The minimum atomic E-state index is -0.568. The normalized spacial score (nSPS) is 13.7. The number of carbonyl (C=O) groups is 2. The number of aromatic nitrogens is 3. The highest BCUT2D eigenvalue weighted by Gasteiger charge is 2.30. The molecular formula is C32H33ClN6O5. The molecular weight excluding hydrogens is 584 g/mol. The monoisotopic (exact) mass is 616 g/mol. The number of aliphatic imine (C=N–C) groups is 1. The van der Waals surface area contributed by atoms with Crippen LogP contribution in [0.2, 0.25) is 5.02 Å². The second-order valence-electron chi connectivity index (χ2n) is 10.3. The van der Waals surface area contributed by atoms with Gasteiger partial charge in [0.2, 0.25) is 11.8 Å². The molecule has 4 N–H and O–H groups in total. The van der Waals surface area contributed by atoms with E-state index in [-0.39, 0.29) is 36.2 Å². The summed E-state index contributed by atoms with van der Waals surface area (Å²) in [6.45, 7) is 4.63. The molecule has 1 aliphatic heterocycles. The highest BCUT2D eigenvalue weighted by molar-refractivity contribution is 6.30. The number of fused-ring (bicyclic) bond motifs is 3. The molecule has 12 heteroatoms. The lowest BCUT2D eigenvalue weighted by atomic mass is 10.00. The fourth-order valence-electron chi connectivity index (χ4n) is 4.99. The van der Waals surface area contributed by atoms with Crippen LogP contribution in [-0.4, -0.2) is 55.7 Å². The third-order valence-corrected chi connectivity index (χ3v) is 7.35. The number of anilines is 1. The van der Waals surface area contributed by atoms with Crippen molar-refractivity contribution in [2.24, 2.45) is 4.99 Å². The third kappa shape index (κ3) is 7.00. The van der Waals surface area contributed by atoms with E-state index >= 15 is 0 Å². The first-order chi connectivity index (χ1) is 21.2. The van der Waals surface area contributed by atoms with Gasteiger partial charge in [-0.1, -0.05) is 23.7 Å². The van der Waals surface area contributed by atoms with Crippen molar-refractivity contribution in [3.05, 3.63) is 88.5 Å². The number of halogens is 1. The van der Waals surface area contributed by atoms with E-state index in [0.717, 1.165) is 16.8 Å². The van der Waals surface area contributed by atoms with Crippen molar-refractivity contribution in [3.8, 4) is 22.9 Å². The molecule has 11 nitrogen and oxygen atoms in total. The van der Waals surface area contributed by atoms with Crippen molar-refractivity contribution in [1.82, 2.24) is 20.1 Å². The zero-order valence-corrected chi connectivity index (χ0v) is 25.1. The topological polar surface area (TPSA) is 151 Å². The van der Waals surface area contributed by atoms with Gasteiger partial charge in [0, 0.05) is 40.9 Å². The predicted octanol–water partition coefficient (Wildman–Crippen LogP) is 5.25. The number of aryl methyl sites for hydroxylation is 1. The van der Waals surface area contributed by atoms with Gasteiger partial charge in [-0.25, -0.2) is 0 Å². The smallest absolute Gasteiger partial charge is 0.224 e. The number of aromatic hydroxyl groups is 2. The number of amides is 2. The lowest BCUT2D eigenvalue weighted by Crippen LogP contribution is -2.25. The van der Waals surface area contributed by atoms with E-state index in [9.17, 15) is 19.8 Å². The van der Waals surface area contributed by atoms with Crippen molar-refractivity contribution >= 4 is 34.8 Å². The molecule has 4 aromatic rings. The highest BCUT2D eigenvalue weighted by Crippen LogP contribution is 2.34. The zero-order chi connectivity index (χ0) is 31.2. The van der Waals surface area contributed by atoms with Crippen LogP contribution in [0.4, 0.5) is 5.69 Å². The van der Waals surface area contributed by atoms with Gasteiger partial charge in [0.15, 0.2) is 17.3 Å². The Hall–Kier alpha value is -4.90. The van der Waals surface area contributed by atoms with Gasteiger partial charge in [-0.3, -0.25) is 19.1 Å². The molecule has 3 aromatic carbocycles. The van der Waals surface area contributed by atoms with Crippen molar-refractivity contribution in [1.29, 1.82) is 0 Å². The molecule has 1 aliphatic rings. The Balaban J connectivity index is 1.34. The average molecular weight is 617 g/mol. The van der Waals surface area contributed by atoms with E-state index in [1.165, 1.54) is 18.2 Å². The SMILES string of the molecule is CCNC(=O)C[C@@H]1N=C(c2ccc(Cl)cc2)c2cc(OCCCCC(=O)Nc3ccc(O)c(O)c3)ccc2-n2c(C)nnc21. The fourth-order valence-corrected chi connectivity index (χ4v) is 5.11. The summed E-state index contributed by atoms with van der Waals surface area (Å²) >= 11 is 6.19. The number of nitrogens with one attached hydrogen (secondary N) is 2. The summed E-state index contributed by atoms with van der Waals surface area (Å²) in [7, 11) is 0. The van der Waals surface area contributed by atoms with E-state index in [2.05, 4.69) is 20.8 Å². The molecule has 0 spiro atoms. The standard InChI is InChI=1S/C32H33ClN6O5/c1-3-34-30(43)18-25-32-38-37-19(2)39(32)26-13-12-23(17-24(26)31(36-25)20-7-9-21(33)10-8-20)44-15-5-4-6-29(42)35-22-11-14-27(40)28(41)16-22/h7-14,16-17,25,40-41H,3-6,15,18H2,1-2H3,(H,34,43)(H,35,42)/t25-/m0/s1. The summed E-state index contributed by atoms with van der Waals surface area (Å²) in [5.41, 5.74) is 3.53. The summed E-state index contributed by atoms with van der Waals surface area (Å²) in [5.74, 6) is 0.997. The second kappa shape index (κ2) is 13.6. The number of carbonyl (C=O) groups excluding carboxylic acids is 2. The van der Waals surface area contributed by atoms with Crippen molar-refractivity contribution < 1.29 is 24.5 Å². The average Bonchev–Trinajstić information content (AvgIpc) is 3.32. The van der Waals surface area contributed by atoms with E-state index < -0.39 is 6.04 Å². The van der Waals surface area contributed by atoms with Gasteiger partial charge in [0.05, 0.1) is 24.4 Å². The number of hydrogen-bond acceptors (Lipinski definition) is 8. The summed E-state index contributed by atoms with van der Waals surface area (Å²) in [6, 6.07) is 16.7. The Bertz CT molecular complexity index is 1700. The Morgan fingerprint density at radius 2 is 1.77 bits per heavy atom. The van der Waals surface area contributed by atoms with Gasteiger partial charge >= 0.3 is 0 Å². The summed E-state index contributed by atoms with van der Waals surface area (Å²) < 4.78 is 8.03. The first kappa shape index (κ1) is 30.6. The molecule has 1 aromatic heterocycles. The first-order valence-corrected chi connectivity index (χ1v) is 14.7. The molecule has 5 rings (SSSR count). The Morgan fingerprint density at radius 3 is 2.52 bits per heavy atom. The molecule has 0 saturated heterocycles. The number of unbranched alkanes of at least 4 members (excludes halogenated alkanes) is 1. The molecule has 2 amide bonds. The predicted molar refractivity (Wildman–Crippen MR) is 167 cm³/mol. The minimum Gasteiger partial charge on any atom is -0.504 e. The van der Waals surface area contributed by atoms with Gasteiger partial charge in [-0.2, -0.15) is 0 Å². The van der Waals surface area contributed by atoms with Crippen molar-refractivity contribution in [2.45, 2.75) is 45.6 Å². The Morgan fingerprint density at radius 1 is 0.977 bits per heavy atom. The maximum Gasteiger partial charge on any atom is 0.224 e. The quantitative estimate of drug-likeness (QED) is 0.102. The number of rotatable bonds is 11. The molecule has 1 atom stereocenters. The van der Waals surface area contributed by atoms with E-state index in [1.807, 2.05) is 48.7 Å². The van der Waals surface area contributed by atoms with Crippen LogP contribution in [0.1, 0.15) is 61.4 Å². The number of hydrogen-bond donors (Lipinski definition) is 4. The number of nitrogens with zero attached hydrogens (tertiary/aromatic N) is 4.